The number of aliphatic hydroxyl groups excluding tert-OH is 3. The average molecular weight is 266 g/mol. The second-order valence-corrected chi connectivity index (χ2v) is 6.17. The molecule has 2 rings (SSSR count). The van der Waals surface area contributed by atoms with Crippen molar-refractivity contribution in [1.82, 2.24) is 0 Å². The first-order valence-electron chi connectivity index (χ1n) is 4.47. The topological polar surface area (TPSA) is 82.3 Å². The molecular weight excluding hydrogens is 253 g/mol. The Kier molecular flexibility index (Phi) is 2.93. The zero-order valence-corrected chi connectivity index (χ0v) is 9.41. The van der Waals surface area contributed by atoms with Crippen molar-refractivity contribution in [2.45, 2.75) is 36.3 Å². The molecule has 3 N–H and O–H groups in total. The van der Waals surface area contributed by atoms with Crippen LogP contribution in [0.4, 0.5) is 0 Å². The summed E-state index contributed by atoms with van der Waals surface area (Å²) < 4.78 is 6.45. The molecule has 2 aliphatic heterocycles. The van der Waals surface area contributed by atoms with Crippen molar-refractivity contribution in [3.05, 3.63) is 0 Å². The number of hydrogen-bond acceptors (Lipinski definition) is 5. The molecule has 0 bridgehead atoms. The van der Waals surface area contributed by atoms with E-state index in [9.17, 15) is 10.2 Å². The molecular formula is C8H13NO4Se. The van der Waals surface area contributed by atoms with Crippen molar-refractivity contribution in [3.8, 4) is 0 Å². The van der Waals surface area contributed by atoms with Crippen molar-refractivity contribution < 1.29 is 20.1 Å². The van der Waals surface area contributed by atoms with E-state index in [-0.39, 0.29) is 32.6 Å². The first kappa shape index (κ1) is 10.5. The molecule has 0 aromatic carbocycles. The molecule has 2 heterocycles. The molecule has 14 heavy (non-hydrogen) atoms. The SMILES string of the molecule is CC1=N[C@@H]2[C@@H](O)[C@H](O)[C@@H](CO)O[C@@H]2[Se]1. The Morgan fingerprint density at radius 1 is 1.43 bits per heavy atom. The second-order valence-electron chi connectivity index (χ2n) is 3.46. The predicted molar refractivity (Wildman–Crippen MR) is 50.4 cm³/mol. The molecule has 5 nitrogen and oxygen atoms in total. The second kappa shape index (κ2) is 3.89. The minimum absolute atomic E-state index is 0.110. The summed E-state index contributed by atoms with van der Waals surface area (Å²) in [6.07, 6.45) is -2.62. The summed E-state index contributed by atoms with van der Waals surface area (Å²) in [5.41, 5.74) is 0. The zero-order valence-electron chi connectivity index (χ0n) is 7.70. The zero-order chi connectivity index (χ0) is 10.3. The van der Waals surface area contributed by atoms with E-state index < -0.39 is 18.3 Å². The van der Waals surface area contributed by atoms with Gasteiger partial charge < -0.3 is 0 Å². The predicted octanol–water partition coefficient (Wildman–Crippen LogP) is -2.07. The van der Waals surface area contributed by atoms with E-state index in [1.165, 1.54) is 0 Å². The first-order valence-corrected chi connectivity index (χ1v) is 6.31. The van der Waals surface area contributed by atoms with E-state index in [1.54, 1.807) is 0 Å². The molecule has 0 aromatic rings. The number of ether oxygens (including phenoxy) is 1. The summed E-state index contributed by atoms with van der Waals surface area (Å²) in [4.78, 5) is 4.24. The van der Waals surface area contributed by atoms with Crippen LogP contribution in [0.5, 0.6) is 0 Å². The van der Waals surface area contributed by atoms with Crippen LogP contribution in [0.1, 0.15) is 6.92 Å². The Hall–Kier alpha value is 0.0295. The van der Waals surface area contributed by atoms with Gasteiger partial charge in [-0.2, -0.15) is 0 Å². The van der Waals surface area contributed by atoms with Gasteiger partial charge in [0.05, 0.1) is 0 Å². The van der Waals surface area contributed by atoms with Gasteiger partial charge in [0.1, 0.15) is 0 Å². The van der Waals surface area contributed by atoms with Crippen LogP contribution in [0, 0.1) is 0 Å². The maximum atomic E-state index is 9.73. The normalized spacial score (nSPS) is 47.4. The van der Waals surface area contributed by atoms with Gasteiger partial charge in [-0.15, -0.1) is 0 Å². The Bertz CT molecular complexity index is 260. The molecule has 0 spiro atoms. The van der Waals surface area contributed by atoms with E-state index in [4.69, 9.17) is 9.84 Å². The molecule has 0 saturated carbocycles. The molecule has 0 radical (unpaired) electrons. The van der Waals surface area contributed by atoms with Gasteiger partial charge in [-0.3, -0.25) is 0 Å². The van der Waals surface area contributed by atoms with Crippen LogP contribution in [-0.4, -0.2) is 70.8 Å². The molecule has 0 unspecified atom stereocenters. The van der Waals surface area contributed by atoms with Crippen LogP contribution in [0.25, 0.3) is 0 Å². The molecule has 5 atom stereocenters. The van der Waals surface area contributed by atoms with Crippen molar-refractivity contribution in [1.29, 1.82) is 0 Å². The number of aliphatic imine (C=N–C) groups is 1. The summed E-state index contributed by atoms with van der Waals surface area (Å²) in [5, 5.41) is 28.1. The summed E-state index contributed by atoms with van der Waals surface area (Å²) in [5.74, 6) is 0. The number of hydrogen-bond donors (Lipinski definition) is 3. The van der Waals surface area contributed by atoms with Gasteiger partial charge in [-0.05, 0) is 0 Å². The Labute approximate surface area is 88.0 Å². The van der Waals surface area contributed by atoms with Crippen molar-refractivity contribution >= 4 is 19.6 Å². The van der Waals surface area contributed by atoms with Crippen LogP contribution in [0.15, 0.2) is 4.99 Å². The van der Waals surface area contributed by atoms with Gasteiger partial charge in [-0.1, -0.05) is 0 Å². The van der Waals surface area contributed by atoms with Gasteiger partial charge in [0.25, 0.3) is 0 Å². The molecule has 1 saturated heterocycles. The van der Waals surface area contributed by atoms with E-state index in [1.807, 2.05) is 6.92 Å². The summed E-state index contributed by atoms with van der Waals surface area (Å²) in [7, 11) is 0. The van der Waals surface area contributed by atoms with Gasteiger partial charge in [-0.25, -0.2) is 0 Å². The molecule has 6 heteroatoms. The maximum absolute atomic E-state index is 9.73. The fourth-order valence-electron chi connectivity index (χ4n) is 1.71. The number of rotatable bonds is 1. The van der Waals surface area contributed by atoms with Gasteiger partial charge in [0.15, 0.2) is 0 Å². The van der Waals surface area contributed by atoms with Crippen molar-refractivity contribution in [2.24, 2.45) is 4.99 Å². The first-order chi connectivity index (χ1) is 6.63. The molecule has 80 valence electrons. The van der Waals surface area contributed by atoms with Crippen LogP contribution in [0.3, 0.4) is 0 Å². The Morgan fingerprint density at radius 2 is 2.14 bits per heavy atom. The molecule has 0 aromatic heterocycles. The van der Waals surface area contributed by atoms with Crippen LogP contribution < -0.4 is 0 Å². The van der Waals surface area contributed by atoms with E-state index >= 15 is 0 Å². The van der Waals surface area contributed by atoms with Crippen LogP contribution in [0.2, 0.25) is 0 Å². The third-order valence-electron chi connectivity index (χ3n) is 2.47. The van der Waals surface area contributed by atoms with E-state index in [0.717, 1.165) is 4.61 Å². The minimum atomic E-state index is -1.04. The fourth-order valence-corrected chi connectivity index (χ4v) is 3.97. The third-order valence-corrected chi connectivity index (χ3v) is 4.71. The van der Waals surface area contributed by atoms with E-state index in [0.29, 0.717) is 0 Å². The molecule has 0 aliphatic carbocycles. The van der Waals surface area contributed by atoms with Gasteiger partial charge in [0, 0.05) is 0 Å². The standard InChI is InChI=1S/C8H13NO4Se/c1-3-9-5-7(12)6(11)4(2-10)13-8(5)14-3/h4-8,10-12H,2H2,1H3/t4-,5-,6-,7-,8-/m1/s1. The van der Waals surface area contributed by atoms with Crippen LogP contribution in [-0.2, 0) is 4.74 Å². The van der Waals surface area contributed by atoms with Crippen LogP contribution >= 0.6 is 0 Å². The van der Waals surface area contributed by atoms with Crippen molar-refractivity contribution in [3.63, 3.8) is 0 Å². The monoisotopic (exact) mass is 267 g/mol. The molecule has 0 amide bonds. The van der Waals surface area contributed by atoms with Gasteiger partial charge in [0.2, 0.25) is 0 Å². The Balaban J connectivity index is 2.14. The summed E-state index contributed by atoms with van der Waals surface area (Å²) >= 11 is 0.110. The summed E-state index contributed by atoms with van der Waals surface area (Å²) in [6.45, 7) is 1.63. The Morgan fingerprint density at radius 3 is 2.79 bits per heavy atom. The number of aliphatic hydroxyl groups is 3. The quantitative estimate of drug-likeness (QED) is 0.476. The summed E-state index contributed by atoms with van der Waals surface area (Å²) in [6, 6.07) is -0.340. The average Bonchev–Trinajstić information content (AvgIpc) is 2.52. The van der Waals surface area contributed by atoms with E-state index in [2.05, 4.69) is 4.99 Å². The third kappa shape index (κ3) is 1.62. The fraction of sp³-hybridized carbons (Fsp3) is 0.875. The molecule has 1 fully saturated rings. The van der Waals surface area contributed by atoms with Crippen molar-refractivity contribution in [2.75, 3.05) is 6.61 Å². The molecule has 2 aliphatic rings. The number of nitrogens with zero attached hydrogens (tertiary/aromatic N) is 1. The van der Waals surface area contributed by atoms with Gasteiger partial charge >= 0.3 is 87.5 Å². The number of fused-ring (bicyclic) bond motifs is 1.